The van der Waals surface area contributed by atoms with Gasteiger partial charge in [0.15, 0.2) is 0 Å². The monoisotopic (exact) mass is 412 g/mol. The summed E-state index contributed by atoms with van der Waals surface area (Å²) in [5, 5.41) is 6.05. The molecule has 4 rings (SSSR count). The third kappa shape index (κ3) is 4.83. The van der Waals surface area contributed by atoms with Gasteiger partial charge in [-0.2, -0.15) is 0 Å². The summed E-state index contributed by atoms with van der Waals surface area (Å²) in [5.74, 6) is -0.380. The van der Waals surface area contributed by atoms with Gasteiger partial charge < -0.3 is 15.5 Å². The van der Waals surface area contributed by atoms with Crippen molar-refractivity contribution in [2.24, 2.45) is 11.8 Å². The van der Waals surface area contributed by atoms with Crippen LogP contribution in [0.15, 0.2) is 30.3 Å². The van der Waals surface area contributed by atoms with E-state index in [2.05, 4.69) is 15.5 Å². The number of likely N-dealkylation sites (tertiary alicyclic amines) is 1. The summed E-state index contributed by atoms with van der Waals surface area (Å²) in [6.07, 6.45) is 5.04. The Morgan fingerprint density at radius 1 is 1.07 bits per heavy atom. The lowest BCUT2D eigenvalue weighted by molar-refractivity contribution is -0.139. The van der Waals surface area contributed by atoms with Crippen molar-refractivity contribution in [2.75, 3.05) is 32.7 Å². The number of hydrogen-bond acceptors (Lipinski definition) is 4. The first kappa shape index (κ1) is 20.8. The Labute approximate surface area is 178 Å². The lowest BCUT2D eigenvalue weighted by Gasteiger charge is -2.42. The minimum absolute atomic E-state index is 0.0563. The highest BCUT2D eigenvalue weighted by atomic mass is 16.2. The average Bonchev–Trinajstić information content (AvgIpc) is 3.27. The van der Waals surface area contributed by atoms with Crippen molar-refractivity contribution in [3.05, 3.63) is 35.9 Å². The summed E-state index contributed by atoms with van der Waals surface area (Å²) < 4.78 is 0. The minimum Gasteiger partial charge on any atom is -0.355 e. The van der Waals surface area contributed by atoms with E-state index in [1.165, 1.54) is 17.7 Å². The fourth-order valence-corrected chi connectivity index (χ4v) is 4.99. The smallest absolute Gasteiger partial charge is 0.324 e. The lowest BCUT2D eigenvalue weighted by Crippen LogP contribution is -2.62. The third-order valence-corrected chi connectivity index (χ3v) is 6.75. The van der Waals surface area contributed by atoms with Gasteiger partial charge in [0.1, 0.15) is 0 Å². The average molecular weight is 413 g/mol. The fourth-order valence-electron chi connectivity index (χ4n) is 4.99. The molecule has 0 bridgehead atoms. The molecule has 0 spiro atoms. The number of fused-ring (bicyclic) bond motifs is 1. The van der Waals surface area contributed by atoms with Crippen LogP contribution in [0.4, 0.5) is 4.79 Å². The van der Waals surface area contributed by atoms with Gasteiger partial charge in [0, 0.05) is 31.6 Å². The van der Waals surface area contributed by atoms with Gasteiger partial charge >= 0.3 is 6.03 Å². The number of carbonyl (C=O) groups excluding carboxylic acids is 3. The molecule has 3 aliphatic rings. The molecule has 3 atom stereocenters. The van der Waals surface area contributed by atoms with E-state index in [4.69, 9.17) is 0 Å². The van der Waals surface area contributed by atoms with Gasteiger partial charge in [-0.05, 0) is 57.2 Å². The molecular weight excluding hydrogens is 380 g/mol. The Bertz CT molecular complexity index is 763. The second-order valence-corrected chi connectivity index (χ2v) is 8.74. The van der Waals surface area contributed by atoms with Crippen LogP contribution >= 0.6 is 0 Å². The molecular formula is C23H32N4O3. The molecule has 2 heterocycles. The zero-order chi connectivity index (χ0) is 20.9. The molecule has 1 aromatic carbocycles. The van der Waals surface area contributed by atoms with Gasteiger partial charge in [-0.3, -0.25) is 14.5 Å². The maximum Gasteiger partial charge on any atom is 0.324 e. The maximum absolute atomic E-state index is 12.9. The van der Waals surface area contributed by atoms with Gasteiger partial charge in [0.25, 0.3) is 0 Å². The Hall–Kier alpha value is -2.41. The van der Waals surface area contributed by atoms with E-state index in [1.807, 2.05) is 30.3 Å². The van der Waals surface area contributed by atoms with E-state index in [1.54, 1.807) is 0 Å². The van der Waals surface area contributed by atoms with E-state index >= 15 is 0 Å². The quantitative estimate of drug-likeness (QED) is 0.715. The molecule has 162 valence electrons. The van der Waals surface area contributed by atoms with Crippen LogP contribution in [0.25, 0.3) is 0 Å². The molecule has 1 aromatic rings. The highest BCUT2D eigenvalue weighted by Gasteiger charge is 2.45. The Balaban J connectivity index is 1.26. The minimum atomic E-state index is -0.327. The van der Waals surface area contributed by atoms with Crippen molar-refractivity contribution in [3.63, 3.8) is 0 Å². The number of benzene rings is 1. The first-order valence-electron chi connectivity index (χ1n) is 11.3. The first-order chi connectivity index (χ1) is 14.6. The zero-order valence-corrected chi connectivity index (χ0v) is 17.5. The van der Waals surface area contributed by atoms with Gasteiger partial charge in [0.2, 0.25) is 11.8 Å². The molecule has 0 aromatic heterocycles. The van der Waals surface area contributed by atoms with E-state index in [0.717, 1.165) is 25.2 Å². The highest BCUT2D eigenvalue weighted by molar-refractivity contribution is 5.99. The van der Waals surface area contributed by atoms with Crippen molar-refractivity contribution in [1.82, 2.24) is 20.4 Å². The molecule has 7 heteroatoms. The van der Waals surface area contributed by atoms with Crippen molar-refractivity contribution in [3.8, 4) is 0 Å². The van der Waals surface area contributed by atoms with Crippen molar-refractivity contribution in [2.45, 2.75) is 44.6 Å². The van der Waals surface area contributed by atoms with E-state index in [0.29, 0.717) is 38.8 Å². The number of amides is 4. The van der Waals surface area contributed by atoms with Crippen LogP contribution in [-0.4, -0.2) is 66.4 Å². The standard InChI is InChI=1S/C23H32N4O3/c28-21(24-11-15-26-12-4-5-13-26)18-8-9-19-20(16-18)25-23(30)27(22(19)29)14-10-17-6-2-1-3-7-17/h1-3,6-7,18-20H,4-5,8-16H2,(H,24,28)(H,25,30). The number of urea groups is 1. The number of carbonyl (C=O) groups is 3. The maximum atomic E-state index is 12.9. The molecule has 1 aliphatic carbocycles. The molecule has 7 nitrogen and oxygen atoms in total. The lowest BCUT2D eigenvalue weighted by atomic mass is 9.76. The Morgan fingerprint density at radius 3 is 2.60 bits per heavy atom. The van der Waals surface area contributed by atoms with Crippen LogP contribution < -0.4 is 10.6 Å². The summed E-state index contributed by atoms with van der Waals surface area (Å²) >= 11 is 0. The molecule has 30 heavy (non-hydrogen) atoms. The number of imide groups is 1. The summed E-state index contributed by atoms with van der Waals surface area (Å²) in [4.78, 5) is 41.8. The predicted molar refractivity (Wildman–Crippen MR) is 114 cm³/mol. The summed E-state index contributed by atoms with van der Waals surface area (Å²) in [7, 11) is 0. The summed E-state index contributed by atoms with van der Waals surface area (Å²) in [6.45, 7) is 4.20. The van der Waals surface area contributed by atoms with Gasteiger partial charge in [-0.15, -0.1) is 0 Å². The SMILES string of the molecule is O=C(NCCN1CCCC1)C1CCC2C(=O)N(CCc3ccccc3)C(=O)NC2C1. The summed E-state index contributed by atoms with van der Waals surface area (Å²) in [6, 6.07) is 9.31. The Kier molecular flexibility index (Phi) is 6.67. The second kappa shape index (κ2) is 9.60. The Morgan fingerprint density at radius 2 is 1.83 bits per heavy atom. The first-order valence-corrected chi connectivity index (χ1v) is 11.3. The summed E-state index contributed by atoms with van der Waals surface area (Å²) in [5.41, 5.74) is 1.11. The van der Waals surface area contributed by atoms with E-state index in [-0.39, 0.29) is 35.7 Å². The molecule has 0 radical (unpaired) electrons. The van der Waals surface area contributed by atoms with Crippen LogP contribution in [0.1, 0.15) is 37.7 Å². The number of nitrogens with zero attached hydrogens (tertiary/aromatic N) is 2. The van der Waals surface area contributed by atoms with Crippen LogP contribution in [0.3, 0.4) is 0 Å². The van der Waals surface area contributed by atoms with Crippen molar-refractivity contribution < 1.29 is 14.4 Å². The number of hydrogen-bond donors (Lipinski definition) is 2. The molecule has 2 aliphatic heterocycles. The molecule has 3 fully saturated rings. The van der Waals surface area contributed by atoms with Gasteiger partial charge in [-0.1, -0.05) is 30.3 Å². The van der Waals surface area contributed by atoms with Crippen LogP contribution in [0.2, 0.25) is 0 Å². The van der Waals surface area contributed by atoms with Gasteiger partial charge in [0.05, 0.1) is 5.92 Å². The molecule has 2 saturated heterocycles. The van der Waals surface area contributed by atoms with Crippen LogP contribution in [0, 0.1) is 11.8 Å². The van der Waals surface area contributed by atoms with Crippen LogP contribution in [-0.2, 0) is 16.0 Å². The molecule has 1 saturated carbocycles. The predicted octanol–water partition coefficient (Wildman–Crippen LogP) is 1.78. The zero-order valence-electron chi connectivity index (χ0n) is 17.5. The largest absolute Gasteiger partial charge is 0.355 e. The third-order valence-electron chi connectivity index (χ3n) is 6.75. The fraction of sp³-hybridized carbons (Fsp3) is 0.609. The van der Waals surface area contributed by atoms with Crippen LogP contribution in [0.5, 0.6) is 0 Å². The second-order valence-electron chi connectivity index (χ2n) is 8.74. The van der Waals surface area contributed by atoms with Gasteiger partial charge in [-0.25, -0.2) is 4.79 Å². The van der Waals surface area contributed by atoms with Crippen molar-refractivity contribution >= 4 is 17.8 Å². The van der Waals surface area contributed by atoms with Crippen molar-refractivity contribution in [1.29, 1.82) is 0 Å². The van der Waals surface area contributed by atoms with E-state index < -0.39 is 0 Å². The highest BCUT2D eigenvalue weighted by Crippen LogP contribution is 2.33. The topological polar surface area (TPSA) is 81.8 Å². The molecule has 2 N–H and O–H groups in total. The number of rotatable bonds is 7. The number of nitrogens with one attached hydrogen (secondary N) is 2. The molecule has 3 unspecified atom stereocenters. The molecule has 4 amide bonds. The van der Waals surface area contributed by atoms with E-state index in [9.17, 15) is 14.4 Å². The normalized spacial score (nSPS) is 26.9.